The molecule has 3 rings (SSSR count). The summed E-state index contributed by atoms with van der Waals surface area (Å²) in [6.45, 7) is 1.75. The van der Waals surface area contributed by atoms with E-state index in [0.29, 0.717) is 0 Å². The maximum atomic E-state index is 5.24. The standard InChI is InChI=1S/C15H20N4O/c1-20-13-7-5-6-12(10-13)11-16-15-18-17-14-8-3-2-4-9-19(14)15/h5-7,10H,2-4,8-9,11H2,1H3,(H,16,18). The number of hydrogen-bond donors (Lipinski definition) is 1. The van der Waals surface area contributed by atoms with Crippen molar-refractivity contribution in [2.24, 2.45) is 0 Å². The van der Waals surface area contributed by atoms with Gasteiger partial charge in [0.15, 0.2) is 0 Å². The van der Waals surface area contributed by atoms with Crippen LogP contribution in [0.2, 0.25) is 0 Å². The van der Waals surface area contributed by atoms with E-state index >= 15 is 0 Å². The molecule has 5 heteroatoms. The zero-order valence-corrected chi connectivity index (χ0v) is 11.8. The highest BCUT2D eigenvalue weighted by Gasteiger charge is 2.14. The summed E-state index contributed by atoms with van der Waals surface area (Å²) in [5, 5.41) is 11.9. The molecule has 1 aliphatic heterocycles. The van der Waals surface area contributed by atoms with Gasteiger partial charge in [0.1, 0.15) is 11.6 Å². The lowest BCUT2D eigenvalue weighted by molar-refractivity contribution is 0.414. The molecule has 0 bridgehead atoms. The van der Waals surface area contributed by atoms with Gasteiger partial charge in [-0.2, -0.15) is 0 Å². The van der Waals surface area contributed by atoms with Crippen molar-refractivity contribution in [3.05, 3.63) is 35.7 Å². The average molecular weight is 272 g/mol. The number of anilines is 1. The van der Waals surface area contributed by atoms with E-state index in [1.54, 1.807) is 7.11 Å². The van der Waals surface area contributed by atoms with Gasteiger partial charge in [0, 0.05) is 19.5 Å². The van der Waals surface area contributed by atoms with Gasteiger partial charge in [0.05, 0.1) is 7.11 Å². The maximum absolute atomic E-state index is 5.24. The summed E-state index contributed by atoms with van der Waals surface area (Å²) >= 11 is 0. The highest BCUT2D eigenvalue weighted by atomic mass is 16.5. The predicted molar refractivity (Wildman–Crippen MR) is 77.9 cm³/mol. The first-order valence-corrected chi connectivity index (χ1v) is 7.16. The van der Waals surface area contributed by atoms with Crippen LogP contribution in [0.5, 0.6) is 5.75 Å². The Balaban J connectivity index is 1.70. The molecule has 0 saturated carbocycles. The number of aromatic nitrogens is 3. The molecule has 2 aromatic rings. The molecule has 1 aliphatic rings. The van der Waals surface area contributed by atoms with Gasteiger partial charge < -0.3 is 10.1 Å². The maximum Gasteiger partial charge on any atom is 0.224 e. The molecule has 2 heterocycles. The first-order valence-electron chi connectivity index (χ1n) is 7.16. The zero-order valence-electron chi connectivity index (χ0n) is 11.8. The number of ether oxygens (including phenoxy) is 1. The molecule has 0 unspecified atom stereocenters. The van der Waals surface area contributed by atoms with Crippen LogP contribution in [0.3, 0.4) is 0 Å². The smallest absolute Gasteiger partial charge is 0.224 e. The molecule has 0 radical (unpaired) electrons. The van der Waals surface area contributed by atoms with E-state index < -0.39 is 0 Å². The fourth-order valence-corrected chi connectivity index (χ4v) is 2.58. The highest BCUT2D eigenvalue weighted by Crippen LogP contribution is 2.18. The van der Waals surface area contributed by atoms with Crippen molar-refractivity contribution in [2.75, 3.05) is 12.4 Å². The van der Waals surface area contributed by atoms with Crippen LogP contribution in [-0.2, 0) is 19.5 Å². The molecule has 0 saturated heterocycles. The molecule has 1 N–H and O–H groups in total. The van der Waals surface area contributed by atoms with Crippen LogP contribution in [0.1, 0.15) is 30.7 Å². The molecular formula is C15H20N4O. The number of nitrogens with one attached hydrogen (secondary N) is 1. The quantitative estimate of drug-likeness (QED) is 0.929. The second kappa shape index (κ2) is 5.94. The van der Waals surface area contributed by atoms with Crippen molar-refractivity contribution in [3.8, 4) is 5.75 Å². The highest BCUT2D eigenvalue weighted by molar-refractivity contribution is 5.33. The molecule has 20 heavy (non-hydrogen) atoms. The van der Waals surface area contributed by atoms with Gasteiger partial charge in [-0.15, -0.1) is 10.2 Å². The minimum absolute atomic E-state index is 0.731. The van der Waals surface area contributed by atoms with Gasteiger partial charge in [0.2, 0.25) is 5.95 Å². The molecule has 0 aliphatic carbocycles. The molecule has 0 atom stereocenters. The molecule has 0 spiro atoms. The third kappa shape index (κ3) is 2.76. The second-order valence-corrected chi connectivity index (χ2v) is 5.11. The lowest BCUT2D eigenvalue weighted by atomic mass is 10.2. The number of methoxy groups -OCH3 is 1. The summed E-state index contributed by atoms with van der Waals surface area (Å²) in [5.74, 6) is 2.87. The van der Waals surface area contributed by atoms with Crippen LogP contribution >= 0.6 is 0 Å². The second-order valence-electron chi connectivity index (χ2n) is 5.11. The number of hydrogen-bond acceptors (Lipinski definition) is 4. The Bertz CT molecular complexity index is 579. The fourth-order valence-electron chi connectivity index (χ4n) is 2.58. The number of nitrogens with zero attached hydrogens (tertiary/aromatic N) is 3. The number of rotatable bonds is 4. The monoisotopic (exact) mass is 272 g/mol. The third-order valence-corrected chi connectivity index (χ3v) is 3.69. The molecular weight excluding hydrogens is 252 g/mol. The van der Waals surface area contributed by atoms with Gasteiger partial charge in [-0.05, 0) is 30.5 Å². The van der Waals surface area contributed by atoms with E-state index in [2.05, 4.69) is 26.1 Å². The Kier molecular flexibility index (Phi) is 3.85. The molecule has 0 fully saturated rings. The van der Waals surface area contributed by atoms with Gasteiger partial charge in [-0.3, -0.25) is 4.57 Å². The summed E-state index contributed by atoms with van der Waals surface area (Å²) in [5.41, 5.74) is 1.18. The van der Waals surface area contributed by atoms with Crippen LogP contribution in [-0.4, -0.2) is 21.9 Å². The van der Waals surface area contributed by atoms with Crippen LogP contribution in [0, 0.1) is 0 Å². The normalized spacial score (nSPS) is 14.4. The number of benzene rings is 1. The van der Waals surface area contributed by atoms with Crippen LogP contribution < -0.4 is 10.1 Å². The van der Waals surface area contributed by atoms with E-state index in [-0.39, 0.29) is 0 Å². The van der Waals surface area contributed by atoms with Crippen molar-refractivity contribution < 1.29 is 4.74 Å². The van der Waals surface area contributed by atoms with Crippen LogP contribution in [0.4, 0.5) is 5.95 Å². The van der Waals surface area contributed by atoms with Gasteiger partial charge in [-0.25, -0.2) is 0 Å². The Hall–Kier alpha value is -2.04. The average Bonchev–Trinajstić information content (AvgIpc) is 2.72. The summed E-state index contributed by atoms with van der Waals surface area (Å²) in [4.78, 5) is 0. The van der Waals surface area contributed by atoms with Gasteiger partial charge in [0.25, 0.3) is 0 Å². The molecule has 5 nitrogen and oxygen atoms in total. The van der Waals surface area contributed by atoms with Crippen molar-refractivity contribution in [3.63, 3.8) is 0 Å². The molecule has 1 aromatic heterocycles. The molecule has 0 amide bonds. The van der Waals surface area contributed by atoms with Crippen LogP contribution in [0.25, 0.3) is 0 Å². The van der Waals surface area contributed by atoms with Crippen molar-refractivity contribution >= 4 is 5.95 Å². The predicted octanol–water partition coefficient (Wildman–Crippen LogP) is 2.63. The third-order valence-electron chi connectivity index (χ3n) is 3.69. The minimum Gasteiger partial charge on any atom is -0.497 e. The Morgan fingerprint density at radius 3 is 3.10 bits per heavy atom. The summed E-state index contributed by atoms with van der Waals surface area (Å²) in [6.07, 6.45) is 4.74. The van der Waals surface area contributed by atoms with Crippen molar-refractivity contribution in [2.45, 2.75) is 38.8 Å². The van der Waals surface area contributed by atoms with E-state index in [4.69, 9.17) is 4.74 Å². The van der Waals surface area contributed by atoms with Gasteiger partial charge in [-0.1, -0.05) is 18.6 Å². The Morgan fingerprint density at radius 2 is 2.20 bits per heavy atom. The fraction of sp³-hybridized carbons (Fsp3) is 0.467. The Morgan fingerprint density at radius 1 is 1.25 bits per heavy atom. The van der Waals surface area contributed by atoms with E-state index in [1.807, 2.05) is 18.2 Å². The zero-order chi connectivity index (χ0) is 13.8. The largest absolute Gasteiger partial charge is 0.497 e. The van der Waals surface area contributed by atoms with E-state index in [1.165, 1.54) is 24.8 Å². The van der Waals surface area contributed by atoms with Crippen molar-refractivity contribution in [1.82, 2.24) is 14.8 Å². The minimum atomic E-state index is 0.731. The number of fused-ring (bicyclic) bond motifs is 1. The van der Waals surface area contributed by atoms with Crippen molar-refractivity contribution in [1.29, 1.82) is 0 Å². The van der Waals surface area contributed by atoms with E-state index in [0.717, 1.165) is 37.0 Å². The van der Waals surface area contributed by atoms with E-state index in [9.17, 15) is 0 Å². The summed E-state index contributed by atoms with van der Waals surface area (Å²) in [6, 6.07) is 8.06. The summed E-state index contributed by atoms with van der Waals surface area (Å²) < 4.78 is 7.45. The SMILES string of the molecule is COc1cccc(CNc2nnc3n2CCCCC3)c1. The first-order chi connectivity index (χ1) is 9.86. The summed E-state index contributed by atoms with van der Waals surface area (Å²) in [7, 11) is 1.69. The first kappa shape index (κ1) is 13.0. The van der Waals surface area contributed by atoms with Gasteiger partial charge >= 0.3 is 0 Å². The lowest BCUT2D eigenvalue weighted by Crippen LogP contribution is -2.09. The molecule has 1 aromatic carbocycles. The Labute approximate surface area is 119 Å². The van der Waals surface area contributed by atoms with Crippen LogP contribution in [0.15, 0.2) is 24.3 Å². The molecule has 106 valence electrons. The lowest BCUT2D eigenvalue weighted by Gasteiger charge is -2.09. The topological polar surface area (TPSA) is 52.0 Å². The number of aryl methyl sites for hydroxylation is 1.